The van der Waals surface area contributed by atoms with E-state index in [-0.39, 0.29) is 19.4 Å². The van der Waals surface area contributed by atoms with E-state index in [9.17, 15) is 24.2 Å². The van der Waals surface area contributed by atoms with Crippen molar-refractivity contribution in [1.82, 2.24) is 0 Å². The molecule has 0 aromatic rings. The van der Waals surface area contributed by atoms with E-state index in [0.717, 1.165) is 51.4 Å². The quantitative estimate of drug-likeness (QED) is 0.0241. The van der Waals surface area contributed by atoms with Crippen LogP contribution in [-0.2, 0) is 32.7 Å². The number of aliphatic hydroxyl groups is 2. The van der Waals surface area contributed by atoms with Gasteiger partial charge in [0.2, 0.25) is 0 Å². The van der Waals surface area contributed by atoms with Crippen molar-refractivity contribution in [1.29, 1.82) is 0 Å². The van der Waals surface area contributed by atoms with Gasteiger partial charge in [0.15, 0.2) is 6.10 Å². The lowest BCUT2D eigenvalue weighted by Crippen LogP contribution is -2.29. The molecule has 0 aliphatic rings. The first-order chi connectivity index (χ1) is 24.7. The van der Waals surface area contributed by atoms with Crippen molar-refractivity contribution in [2.45, 2.75) is 193 Å². The van der Waals surface area contributed by atoms with Crippen LogP contribution in [0.3, 0.4) is 0 Å². The van der Waals surface area contributed by atoms with Gasteiger partial charge < -0.3 is 24.6 Å². The second-order valence-electron chi connectivity index (χ2n) is 13.7. The summed E-state index contributed by atoms with van der Waals surface area (Å²) in [7, 11) is -4.61. The first kappa shape index (κ1) is 49.5. The van der Waals surface area contributed by atoms with Crippen LogP contribution < -0.4 is 0 Å². The number of ether oxygens (including phenoxy) is 2. The summed E-state index contributed by atoms with van der Waals surface area (Å²) in [6.07, 6.45) is 34.4. The van der Waals surface area contributed by atoms with Crippen molar-refractivity contribution in [3.8, 4) is 0 Å². The topological polar surface area (TPSA) is 149 Å². The third-order valence-electron chi connectivity index (χ3n) is 8.61. The van der Waals surface area contributed by atoms with Crippen LogP contribution in [0.2, 0.25) is 0 Å². The van der Waals surface area contributed by atoms with Gasteiger partial charge in [0.25, 0.3) is 0 Å². The van der Waals surface area contributed by atoms with Gasteiger partial charge in [0.05, 0.1) is 19.8 Å². The van der Waals surface area contributed by atoms with Crippen LogP contribution in [-0.4, -0.2) is 65.7 Å². The van der Waals surface area contributed by atoms with Crippen LogP contribution in [0.4, 0.5) is 0 Å². The van der Waals surface area contributed by atoms with Crippen molar-refractivity contribution < 1.29 is 47.8 Å². The summed E-state index contributed by atoms with van der Waals surface area (Å²) in [5, 5.41) is 18.3. The minimum absolute atomic E-state index is 0.185. The van der Waals surface area contributed by atoms with Gasteiger partial charge in [-0.3, -0.25) is 18.6 Å². The van der Waals surface area contributed by atoms with Crippen LogP contribution >= 0.6 is 7.82 Å². The maximum absolute atomic E-state index is 12.5. The highest BCUT2D eigenvalue weighted by Crippen LogP contribution is 2.43. The molecular weight excluding hydrogens is 671 g/mol. The van der Waals surface area contributed by atoms with Crippen LogP contribution in [0.15, 0.2) is 24.3 Å². The van der Waals surface area contributed by atoms with Gasteiger partial charge in [0.1, 0.15) is 12.7 Å². The molecule has 0 heterocycles. The molecule has 51 heavy (non-hydrogen) atoms. The fourth-order valence-electron chi connectivity index (χ4n) is 5.43. The average molecular weight is 747 g/mol. The standard InChI is InChI=1S/C40H75O10P/c1-3-5-7-9-11-13-14-15-16-17-18-19-20-21-22-24-25-27-29-31-39(43)47-35-38(36-49-51(45,46)48-34-37(42)33-41)50-40(44)32-30-28-26-23-12-10-8-6-4-2/h11,13,15-16,37-38,41-42H,3-10,12,14,17-36H2,1-2H3,(H,45,46)/b13-11-,16-15-/t37-,38+/m0/s1. The third-order valence-corrected chi connectivity index (χ3v) is 9.56. The highest BCUT2D eigenvalue weighted by atomic mass is 31.2. The van der Waals surface area contributed by atoms with E-state index in [1.807, 2.05) is 0 Å². The third kappa shape index (κ3) is 36.6. The van der Waals surface area contributed by atoms with Crippen LogP contribution in [0.5, 0.6) is 0 Å². The molecule has 0 aliphatic carbocycles. The summed E-state index contributed by atoms with van der Waals surface area (Å²) in [6.45, 7) is 2.32. The van der Waals surface area contributed by atoms with Crippen molar-refractivity contribution >= 4 is 19.8 Å². The molecule has 0 aromatic carbocycles. The van der Waals surface area contributed by atoms with E-state index in [1.54, 1.807) is 0 Å². The van der Waals surface area contributed by atoms with Gasteiger partial charge in [-0.15, -0.1) is 0 Å². The van der Waals surface area contributed by atoms with E-state index >= 15 is 0 Å². The molecular formula is C40H75O10P. The number of esters is 2. The minimum atomic E-state index is -4.61. The zero-order valence-electron chi connectivity index (χ0n) is 32.3. The molecule has 11 heteroatoms. The van der Waals surface area contributed by atoms with E-state index in [4.69, 9.17) is 19.1 Å². The summed E-state index contributed by atoms with van der Waals surface area (Å²) in [6, 6.07) is 0. The Morgan fingerprint density at radius 1 is 0.588 bits per heavy atom. The Balaban J connectivity index is 4.22. The molecule has 0 saturated heterocycles. The minimum Gasteiger partial charge on any atom is -0.462 e. The van der Waals surface area contributed by atoms with E-state index in [2.05, 4.69) is 42.7 Å². The number of hydrogen-bond donors (Lipinski definition) is 3. The van der Waals surface area contributed by atoms with E-state index < -0.39 is 51.8 Å². The molecule has 0 amide bonds. The number of hydrogen-bond acceptors (Lipinski definition) is 9. The molecule has 1 unspecified atom stereocenters. The summed E-state index contributed by atoms with van der Waals surface area (Å²) < 4.78 is 32.6. The van der Waals surface area contributed by atoms with Crippen molar-refractivity contribution in [2.75, 3.05) is 26.4 Å². The Hall–Kier alpha value is -1.55. The molecule has 0 bridgehead atoms. The lowest BCUT2D eigenvalue weighted by Gasteiger charge is -2.20. The van der Waals surface area contributed by atoms with Gasteiger partial charge in [-0.1, -0.05) is 147 Å². The van der Waals surface area contributed by atoms with Crippen LogP contribution in [0, 0.1) is 0 Å². The Kier molecular flexibility index (Phi) is 35.7. The number of unbranched alkanes of at least 4 members (excludes halogenated alkanes) is 20. The number of phosphoric acid groups is 1. The van der Waals surface area contributed by atoms with Crippen LogP contribution in [0.25, 0.3) is 0 Å². The maximum Gasteiger partial charge on any atom is 0.472 e. The smallest absolute Gasteiger partial charge is 0.462 e. The zero-order valence-corrected chi connectivity index (χ0v) is 33.2. The summed E-state index contributed by atoms with van der Waals surface area (Å²) >= 11 is 0. The molecule has 0 fully saturated rings. The molecule has 0 spiro atoms. The lowest BCUT2D eigenvalue weighted by molar-refractivity contribution is -0.161. The molecule has 3 N–H and O–H groups in total. The second kappa shape index (κ2) is 36.8. The highest BCUT2D eigenvalue weighted by Gasteiger charge is 2.27. The number of aliphatic hydroxyl groups excluding tert-OH is 2. The number of rotatable bonds is 38. The molecule has 0 radical (unpaired) electrons. The predicted octanol–water partition coefficient (Wildman–Crippen LogP) is 10.2. The SMILES string of the molecule is CCCCC/C=C\C/C=C\CCCCCCCCCCCC(=O)OC[C@H](COP(=O)(O)OC[C@@H](O)CO)OC(=O)CCCCCCCCCCC. The summed E-state index contributed by atoms with van der Waals surface area (Å²) in [5.74, 6) is -0.929. The van der Waals surface area contributed by atoms with E-state index in [0.29, 0.717) is 12.8 Å². The normalized spacial score (nSPS) is 14.2. The number of carbonyl (C=O) groups is 2. The molecule has 0 rings (SSSR count). The monoisotopic (exact) mass is 747 g/mol. The fourth-order valence-corrected chi connectivity index (χ4v) is 6.22. The van der Waals surface area contributed by atoms with Gasteiger partial charge in [-0.05, 0) is 44.9 Å². The molecule has 0 aromatic heterocycles. The molecule has 10 nitrogen and oxygen atoms in total. The Bertz CT molecular complexity index is 910. The predicted molar refractivity (Wildman–Crippen MR) is 205 cm³/mol. The molecule has 0 saturated carbocycles. The van der Waals surface area contributed by atoms with E-state index in [1.165, 1.54) is 89.9 Å². The molecule has 3 atom stereocenters. The molecule has 0 aliphatic heterocycles. The van der Waals surface area contributed by atoms with Crippen molar-refractivity contribution in [2.24, 2.45) is 0 Å². The zero-order chi connectivity index (χ0) is 37.7. The average Bonchev–Trinajstić information content (AvgIpc) is 3.12. The summed E-state index contributed by atoms with van der Waals surface area (Å²) in [5.41, 5.74) is 0. The summed E-state index contributed by atoms with van der Waals surface area (Å²) in [4.78, 5) is 34.8. The highest BCUT2D eigenvalue weighted by molar-refractivity contribution is 7.47. The van der Waals surface area contributed by atoms with Crippen molar-refractivity contribution in [3.63, 3.8) is 0 Å². The molecule has 300 valence electrons. The lowest BCUT2D eigenvalue weighted by atomic mass is 10.1. The Morgan fingerprint density at radius 3 is 1.55 bits per heavy atom. The van der Waals surface area contributed by atoms with Gasteiger partial charge in [-0.25, -0.2) is 4.57 Å². The van der Waals surface area contributed by atoms with Crippen LogP contribution in [0.1, 0.15) is 181 Å². The number of carbonyl (C=O) groups excluding carboxylic acids is 2. The number of allylic oxidation sites excluding steroid dienone is 4. The largest absolute Gasteiger partial charge is 0.472 e. The first-order valence-electron chi connectivity index (χ1n) is 20.3. The Labute approximate surface area is 310 Å². The fraction of sp³-hybridized carbons (Fsp3) is 0.850. The van der Waals surface area contributed by atoms with Gasteiger partial charge >= 0.3 is 19.8 Å². The van der Waals surface area contributed by atoms with Gasteiger partial charge in [0, 0.05) is 12.8 Å². The number of phosphoric ester groups is 1. The second-order valence-corrected chi connectivity index (χ2v) is 15.1. The Morgan fingerprint density at radius 2 is 1.02 bits per heavy atom. The maximum atomic E-state index is 12.5. The van der Waals surface area contributed by atoms with Gasteiger partial charge in [-0.2, -0.15) is 0 Å². The van der Waals surface area contributed by atoms with Crippen molar-refractivity contribution in [3.05, 3.63) is 24.3 Å². The first-order valence-corrected chi connectivity index (χ1v) is 21.8.